The van der Waals surface area contributed by atoms with Gasteiger partial charge in [-0.3, -0.25) is 0 Å². The number of hydrogen-bond donors (Lipinski definition) is 2. The van der Waals surface area contributed by atoms with Crippen LogP contribution in [0.1, 0.15) is 25.7 Å². The number of nitrogens with one attached hydrogen (secondary N) is 2. The molecule has 2 N–H and O–H groups in total. The fourth-order valence-corrected chi connectivity index (χ4v) is 3.91. The van der Waals surface area contributed by atoms with Crippen molar-refractivity contribution >= 4 is 10.0 Å². The smallest absolute Gasteiger partial charge is 0.240 e. The lowest BCUT2D eigenvalue weighted by Gasteiger charge is -2.35. The third-order valence-electron chi connectivity index (χ3n) is 4.02. The van der Waals surface area contributed by atoms with E-state index in [0.717, 1.165) is 38.0 Å². The van der Waals surface area contributed by atoms with E-state index in [1.54, 1.807) is 24.3 Å². The van der Waals surface area contributed by atoms with Gasteiger partial charge in [-0.2, -0.15) is 0 Å². The number of rotatable bonds is 7. The van der Waals surface area contributed by atoms with Gasteiger partial charge in [0.15, 0.2) is 0 Å². The van der Waals surface area contributed by atoms with Gasteiger partial charge in [-0.25, -0.2) is 13.1 Å². The van der Waals surface area contributed by atoms with E-state index in [4.69, 9.17) is 4.74 Å². The molecule has 0 aliphatic heterocycles. The maximum absolute atomic E-state index is 12.0. The topological polar surface area (TPSA) is 67.4 Å². The highest BCUT2D eigenvalue weighted by Gasteiger charge is 2.30. The van der Waals surface area contributed by atoms with Crippen molar-refractivity contribution in [2.24, 2.45) is 5.92 Å². The van der Waals surface area contributed by atoms with Crippen LogP contribution < -0.4 is 14.8 Å². The highest BCUT2D eigenvalue weighted by Crippen LogP contribution is 2.31. The summed E-state index contributed by atoms with van der Waals surface area (Å²) >= 11 is 0. The van der Waals surface area contributed by atoms with Gasteiger partial charge in [0, 0.05) is 6.04 Å². The zero-order valence-electron chi connectivity index (χ0n) is 12.2. The molecule has 1 aromatic carbocycles. The highest BCUT2D eigenvalue weighted by molar-refractivity contribution is 7.89. The van der Waals surface area contributed by atoms with E-state index in [2.05, 4.69) is 10.0 Å². The molecular weight excluding hydrogens is 288 g/mol. The first-order valence-corrected chi connectivity index (χ1v) is 8.99. The van der Waals surface area contributed by atoms with Crippen LogP contribution in [0, 0.1) is 5.92 Å². The third kappa shape index (κ3) is 3.75. The van der Waals surface area contributed by atoms with Crippen molar-refractivity contribution < 1.29 is 13.2 Å². The largest absolute Gasteiger partial charge is 0.490 e. The standard InChI is InChI=1S/C15H22N2O3S/c1-16-10-11-8-14(9-11)20-13-4-6-15(7-5-13)21(18,19)17-12-2-3-12/h4-7,11-12,14,16-17H,2-3,8-10H2,1H3. The van der Waals surface area contributed by atoms with Crippen LogP contribution in [0.2, 0.25) is 0 Å². The van der Waals surface area contributed by atoms with E-state index in [9.17, 15) is 8.42 Å². The van der Waals surface area contributed by atoms with Crippen LogP contribution in [-0.2, 0) is 10.0 Å². The van der Waals surface area contributed by atoms with Crippen molar-refractivity contribution in [1.29, 1.82) is 0 Å². The molecule has 2 saturated carbocycles. The number of ether oxygens (including phenoxy) is 1. The van der Waals surface area contributed by atoms with E-state index >= 15 is 0 Å². The first-order chi connectivity index (χ1) is 10.1. The van der Waals surface area contributed by atoms with Crippen molar-refractivity contribution in [2.75, 3.05) is 13.6 Å². The summed E-state index contributed by atoms with van der Waals surface area (Å²) in [5.41, 5.74) is 0. The molecule has 5 nitrogen and oxygen atoms in total. The molecule has 2 fully saturated rings. The molecule has 116 valence electrons. The Morgan fingerprint density at radius 2 is 1.86 bits per heavy atom. The lowest BCUT2D eigenvalue weighted by Crippen LogP contribution is -2.38. The monoisotopic (exact) mass is 310 g/mol. The molecule has 0 unspecified atom stereocenters. The second-order valence-electron chi connectivity index (χ2n) is 6.00. The van der Waals surface area contributed by atoms with E-state index < -0.39 is 10.0 Å². The molecule has 0 radical (unpaired) electrons. The second kappa shape index (κ2) is 5.94. The Kier molecular flexibility index (Phi) is 4.19. The highest BCUT2D eigenvalue weighted by atomic mass is 32.2. The molecular formula is C15H22N2O3S. The summed E-state index contributed by atoms with van der Waals surface area (Å²) < 4.78 is 32.6. The molecule has 3 rings (SSSR count). The van der Waals surface area contributed by atoms with Gasteiger partial charge in [0.2, 0.25) is 10.0 Å². The van der Waals surface area contributed by atoms with Crippen LogP contribution >= 0.6 is 0 Å². The Balaban J connectivity index is 1.55. The number of sulfonamides is 1. The van der Waals surface area contributed by atoms with Gasteiger partial charge in [-0.15, -0.1) is 0 Å². The van der Waals surface area contributed by atoms with Gasteiger partial charge >= 0.3 is 0 Å². The van der Waals surface area contributed by atoms with Gasteiger partial charge in [-0.05, 0) is 69.5 Å². The molecule has 0 atom stereocenters. The zero-order valence-corrected chi connectivity index (χ0v) is 13.0. The predicted octanol–water partition coefficient (Wildman–Crippen LogP) is 1.50. The fraction of sp³-hybridized carbons (Fsp3) is 0.600. The summed E-state index contributed by atoms with van der Waals surface area (Å²) in [5.74, 6) is 1.44. The predicted molar refractivity (Wildman–Crippen MR) is 80.9 cm³/mol. The van der Waals surface area contributed by atoms with Crippen molar-refractivity contribution in [2.45, 2.75) is 42.7 Å². The van der Waals surface area contributed by atoms with Crippen LogP contribution in [0.15, 0.2) is 29.2 Å². The summed E-state index contributed by atoms with van der Waals surface area (Å²) in [5, 5.41) is 3.17. The minimum absolute atomic E-state index is 0.130. The molecule has 0 saturated heterocycles. The van der Waals surface area contributed by atoms with Gasteiger partial charge in [0.1, 0.15) is 5.75 Å². The molecule has 0 bridgehead atoms. The van der Waals surface area contributed by atoms with Gasteiger partial charge in [-0.1, -0.05) is 0 Å². The van der Waals surface area contributed by atoms with Crippen molar-refractivity contribution in [3.05, 3.63) is 24.3 Å². The first-order valence-electron chi connectivity index (χ1n) is 7.50. The fourth-order valence-electron chi connectivity index (χ4n) is 2.60. The van der Waals surface area contributed by atoms with Gasteiger partial charge < -0.3 is 10.1 Å². The Labute approximate surface area is 126 Å². The number of hydrogen-bond acceptors (Lipinski definition) is 4. The maximum atomic E-state index is 12.0. The van der Waals surface area contributed by atoms with Gasteiger partial charge in [0.25, 0.3) is 0 Å². The maximum Gasteiger partial charge on any atom is 0.240 e. The Bertz CT molecular complexity index is 575. The molecule has 0 heterocycles. The molecule has 1 aromatic rings. The summed E-state index contributed by atoms with van der Waals surface area (Å²) in [6.07, 6.45) is 4.26. The lowest BCUT2D eigenvalue weighted by atomic mass is 9.82. The summed E-state index contributed by atoms with van der Waals surface area (Å²) in [4.78, 5) is 0.309. The van der Waals surface area contributed by atoms with E-state index in [0.29, 0.717) is 10.8 Å². The average Bonchev–Trinajstić information content (AvgIpc) is 3.20. The quantitative estimate of drug-likeness (QED) is 0.801. The minimum Gasteiger partial charge on any atom is -0.490 e. The van der Waals surface area contributed by atoms with Crippen LogP contribution in [0.25, 0.3) is 0 Å². The Morgan fingerprint density at radius 1 is 1.19 bits per heavy atom. The van der Waals surface area contributed by atoms with Gasteiger partial charge in [0.05, 0.1) is 11.0 Å². The zero-order chi connectivity index (χ0) is 14.9. The van der Waals surface area contributed by atoms with Crippen LogP contribution in [0.5, 0.6) is 5.75 Å². The molecule has 0 aromatic heterocycles. The first kappa shape index (κ1) is 14.8. The van der Waals surface area contributed by atoms with Crippen LogP contribution in [0.3, 0.4) is 0 Å². The summed E-state index contributed by atoms with van der Waals surface area (Å²) in [7, 11) is -1.40. The third-order valence-corrected chi connectivity index (χ3v) is 5.56. The van der Waals surface area contributed by atoms with Crippen molar-refractivity contribution in [1.82, 2.24) is 10.0 Å². The molecule has 0 amide bonds. The van der Waals surface area contributed by atoms with Crippen LogP contribution in [0.4, 0.5) is 0 Å². The minimum atomic E-state index is -3.36. The molecule has 2 aliphatic carbocycles. The molecule has 6 heteroatoms. The lowest BCUT2D eigenvalue weighted by molar-refractivity contribution is 0.0657. The van der Waals surface area contributed by atoms with Crippen molar-refractivity contribution in [3.8, 4) is 5.75 Å². The van der Waals surface area contributed by atoms with Crippen LogP contribution in [-0.4, -0.2) is 34.2 Å². The Morgan fingerprint density at radius 3 is 2.43 bits per heavy atom. The summed E-state index contributed by atoms with van der Waals surface area (Å²) in [6, 6.07) is 6.85. The van der Waals surface area contributed by atoms with E-state index in [1.807, 2.05) is 7.05 Å². The Hall–Kier alpha value is -1.11. The second-order valence-corrected chi connectivity index (χ2v) is 7.72. The van der Waals surface area contributed by atoms with E-state index in [-0.39, 0.29) is 12.1 Å². The molecule has 0 spiro atoms. The SMILES string of the molecule is CNCC1CC(Oc2ccc(S(=O)(=O)NC3CC3)cc2)C1. The normalized spacial score (nSPS) is 25.4. The summed E-state index contributed by atoms with van der Waals surface area (Å²) in [6.45, 7) is 1.03. The number of benzene rings is 1. The molecule has 21 heavy (non-hydrogen) atoms. The van der Waals surface area contributed by atoms with E-state index in [1.165, 1.54) is 0 Å². The average molecular weight is 310 g/mol. The molecule has 2 aliphatic rings. The van der Waals surface area contributed by atoms with Crippen molar-refractivity contribution in [3.63, 3.8) is 0 Å².